The van der Waals surface area contributed by atoms with Crippen molar-refractivity contribution in [3.63, 3.8) is 0 Å². The van der Waals surface area contributed by atoms with Crippen molar-refractivity contribution in [3.8, 4) is 28.7 Å². The number of β-amino-alcohol motifs (C(OH)–C–C–N with tert-alkyl or cyclic N) is 1. The number of pyridine rings is 3. The van der Waals surface area contributed by atoms with Crippen LogP contribution in [-0.4, -0.2) is 62.1 Å². The van der Waals surface area contributed by atoms with Crippen molar-refractivity contribution < 1.29 is 14.6 Å². The van der Waals surface area contributed by atoms with Crippen molar-refractivity contribution in [1.29, 1.82) is 5.26 Å². The molecule has 1 atom stereocenters. The van der Waals surface area contributed by atoms with E-state index in [0.29, 0.717) is 41.7 Å². The van der Waals surface area contributed by atoms with Gasteiger partial charge in [0.25, 0.3) is 0 Å². The average molecular weight is 779 g/mol. The zero-order valence-corrected chi connectivity index (χ0v) is 33.3. The Morgan fingerprint density at radius 3 is 2.33 bits per heavy atom. The average Bonchev–Trinajstić information content (AvgIpc) is 3.90. The Morgan fingerprint density at radius 1 is 0.789 bits per heavy atom. The number of nitrogens with zero attached hydrogens (tertiary/aromatic N) is 6. The lowest BCUT2D eigenvalue weighted by molar-refractivity contribution is 0.175. The van der Waals surface area contributed by atoms with Gasteiger partial charge in [-0.05, 0) is 109 Å². The topological polar surface area (TPSA) is 108 Å². The third-order valence-electron chi connectivity index (χ3n) is 11.3. The molecule has 57 heavy (non-hydrogen) atoms. The molecule has 2 saturated heterocycles. The van der Waals surface area contributed by atoms with Gasteiger partial charge in [0.05, 0.1) is 27.9 Å². The highest BCUT2D eigenvalue weighted by molar-refractivity contribution is 6.32. The molecule has 2 aliphatic rings. The fraction of sp³-hybridized carbons (Fsp3) is 0.319. The van der Waals surface area contributed by atoms with E-state index in [9.17, 15) is 10.4 Å². The van der Waals surface area contributed by atoms with Crippen LogP contribution in [0.4, 0.5) is 0 Å². The smallest absolute Gasteiger partial charge is 0.142 e. The Morgan fingerprint density at radius 2 is 1.56 bits per heavy atom. The first-order valence-corrected chi connectivity index (χ1v) is 20.1. The van der Waals surface area contributed by atoms with Crippen LogP contribution in [0, 0.1) is 25.2 Å². The summed E-state index contributed by atoms with van der Waals surface area (Å²) in [6.07, 6.45) is 10.7. The van der Waals surface area contributed by atoms with Crippen LogP contribution < -0.4 is 9.47 Å². The van der Waals surface area contributed by atoms with E-state index in [1.165, 1.54) is 29.5 Å². The molecule has 0 saturated carbocycles. The fourth-order valence-electron chi connectivity index (χ4n) is 8.14. The second-order valence-electron chi connectivity index (χ2n) is 15.4. The van der Waals surface area contributed by atoms with E-state index in [-0.39, 0.29) is 12.7 Å². The lowest BCUT2D eigenvalue weighted by atomic mass is 9.90. The monoisotopic (exact) mass is 778 g/mol. The Labute approximate surface area is 339 Å². The molecule has 9 nitrogen and oxygen atoms in total. The summed E-state index contributed by atoms with van der Waals surface area (Å²) >= 11 is 6.90. The summed E-state index contributed by atoms with van der Waals surface area (Å²) in [5, 5.41) is 20.9. The lowest BCUT2D eigenvalue weighted by Gasteiger charge is -2.20. The van der Waals surface area contributed by atoms with Crippen LogP contribution in [0.25, 0.3) is 22.0 Å². The SMILES string of the molecule is Cc1c(COc2cc(OCc3cncc(C#N)c3)c(CN3CCCC3)cc2Cl)cccc1-c1cccc(Cc2nccc3cc(CN4CC[C@@H](O)C4)cnc23)c1C. The minimum atomic E-state index is -0.236. The number of halogens is 1. The van der Waals surface area contributed by atoms with Crippen LogP contribution >= 0.6 is 11.6 Å². The minimum Gasteiger partial charge on any atom is -0.488 e. The van der Waals surface area contributed by atoms with Crippen molar-refractivity contribution in [2.45, 2.75) is 71.9 Å². The van der Waals surface area contributed by atoms with E-state index in [1.54, 1.807) is 18.5 Å². The van der Waals surface area contributed by atoms with Gasteiger partial charge in [-0.1, -0.05) is 48.0 Å². The summed E-state index contributed by atoms with van der Waals surface area (Å²) in [6.45, 7) is 10.2. The number of hydrogen-bond donors (Lipinski definition) is 1. The van der Waals surface area contributed by atoms with E-state index < -0.39 is 0 Å². The number of hydrogen-bond acceptors (Lipinski definition) is 9. The van der Waals surface area contributed by atoms with E-state index in [2.05, 4.69) is 77.2 Å². The highest BCUT2D eigenvalue weighted by Gasteiger charge is 2.21. The summed E-state index contributed by atoms with van der Waals surface area (Å²) < 4.78 is 12.8. The van der Waals surface area contributed by atoms with Crippen molar-refractivity contribution in [2.75, 3.05) is 26.2 Å². The molecular weight excluding hydrogens is 732 g/mol. The molecule has 0 aliphatic carbocycles. The van der Waals surface area contributed by atoms with Gasteiger partial charge < -0.3 is 14.6 Å². The lowest BCUT2D eigenvalue weighted by Crippen LogP contribution is -2.21. The summed E-state index contributed by atoms with van der Waals surface area (Å²) in [5.74, 6) is 1.27. The van der Waals surface area contributed by atoms with Gasteiger partial charge in [0.1, 0.15) is 30.8 Å². The van der Waals surface area contributed by atoms with Gasteiger partial charge >= 0.3 is 0 Å². The Balaban J connectivity index is 1.00. The molecule has 6 aromatic rings. The molecule has 3 aromatic heterocycles. The fourth-order valence-corrected chi connectivity index (χ4v) is 8.38. The van der Waals surface area contributed by atoms with Crippen LogP contribution in [0.15, 0.2) is 91.5 Å². The first kappa shape index (κ1) is 38.5. The molecule has 3 aromatic carbocycles. The standard InChI is InChI=1S/C47H47ClN6O3/c1-31-36(20-44-47-37(11-13-51-44)18-34(25-52-47)26-54-16-12-40(55)28-54)7-5-9-41(31)42-10-6-8-38(32(42)2)30-57-46-21-45(56-29-35-17-33(22-49)23-50-24-35)39(19-43(46)48)27-53-14-3-4-15-53/h5-11,13,17-19,21,23-25,40,55H,3-4,12,14-16,20,26-30H2,1-2H3/t40-/m1/s1. The summed E-state index contributed by atoms with van der Waals surface area (Å²) in [7, 11) is 0. The number of rotatable bonds is 13. The molecule has 0 unspecified atom stereocenters. The van der Waals surface area contributed by atoms with Crippen LogP contribution in [0.2, 0.25) is 5.02 Å². The van der Waals surface area contributed by atoms with Crippen LogP contribution in [0.3, 0.4) is 0 Å². The summed E-state index contributed by atoms with van der Waals surface area (Å²) in [6, 6.07) is 24.9. The molecule has 8 rings (SSSR count). The van der Waals surface area contributed by atoms with Crippen molar-refractivity contribution >= 4 is 22.5 Å². The molecule has 2 fully saturated rings. The van der Waals surface area contributed by atoms with Crippen LogP contribution in [0.5, 0.6) is 11.5 Å². The molecule has 1 N–H and O–H groups in total. The number of aliphatic hydroxyl groups excluding tert-OH is 1. The summed E-state index contributed by atoms with van der Waals surface area (Å²) in [5.41, 5.74) is 12.3. The largest absolute Gasteiger partial charge is 0.488 e. The van der Waals surface area contributed by atoms with Gasteiger partial charge in [-0.2, -0.15) is 5.26 Å². The number of ether oxygens (including phenoxy) is 2. The van der Waals surface area contributed by atoms with Gasteiger partial charge in [0.15, 0.2) is 0 Å². The maximum atomic E-state index is 9.96. The highest BCUT2D eigenvalue weighted by Crippen LogP contribution is 2.37. The summed E-state index contributed by atoms with van der Waals surface area (Å²) in [4.78, 5) is 18.6. The maximum Gasteiger partial charge on any atom is 0.142 e. The number of benzene rings is 3. The van der Waals surface area contributed by atoms with E-state index in [4.69, 9.17) is 31.0 Å². The highest BCUT2D eigenvalue weighted by atomic mass is 35.5. The van der Waals surface area contributed by atoms with Gasteiger partial charge in [0, 0.05) is 80.0 Å². The predicted molar refractivity (Wildman–Crippen MR) is 223 cm³/mol. The Hall–Kier alpha value is -5.37. The van der Waals surface area contributed by atoms with E-state index in [1.807, 2.05) is 30.6 Å². The second-order valence-corrected chi connectivity index (χ2v) is 15.8. The molecule has 0 spiro atoms. The molecule has 5 heterocycles. The van der Waals surface area contributed by atoms with Crippen molar-refractivity contribution in [1.82, 2.24) is 24.8 Å². The third-order valence-corrected chi connectivity index (χ3v) is 11.6. The van der Waals surface area contributed by atoms with Gasteiger partial charge in [-0.3, -0.25) is 24.8 Å². The normalized spacial score (nSPS) is 15.9. The minimum absolute atomic E-state index is 0.236. The molecule has 290 valence electrons. The zero-order chi connectivity index (χ0) is 39.3. The quantitative estimate of drug-likeness (QED) is 0.123. The molecule has 10 heteroatoms. The zero-order valence-electron chi connectivity index (χ0n) is 32.5. The number of likely N-dealkylation sites (tertiary alicyclic amines) is 2. The van der Waals surface area contributed by atoms with Gasteiger partial charge in [0.2, 0.25) is 0 Å². The number of nitriles is 1. The van der Waals surface area contributed by atoms with E-state index in [0.717, 1.165) is 89.1 Å². The number of aliphatic hydroxyl groups is 1. The van der Waals surface area contributed by atoms with Gasteiger partial charge in [-0.15, -0.1) is 0 Å². The molecule has 0 amide bonds. The predicted octanol–water partition coefficient (Wildman–Crippen LogP) is 8.74. The third kappa shape index (κ3) is 8.96. The first-order valence-electron chi connectivity index (χ1n) is 19.8. The van der Waals surface area contributed by atoms with Crippen LogP contribution in [-0.2, 0) is 32.7 Å². The van der Waals surface area contributed by atoms with Gasteiger partial charge in [-0.25, -0.2) is 0 Å². The molecule has 0 bridgehead atoms. The number of aromatic nitrogens is 3. The molecule has 2 aliphatic heterocycles. The maximum absolute atomic E-state index is 9.96. The molecular formula is C47H47ClN6O3. The van der Waals surface area contributed by atoms with Crippen molar-refractivity contribution in [2.24, 2.45) is 0 Å². The van der Waals surface area contributed by atoms with Crippen molar-refractivity contribution in [3.05, 3.63) is 147 Å². The molecule has 0 radical (unpaired) electrons. The van der Waals surface area contributed by atoms with Crippen LogP contribution in [0.1, 0.15) is 69.5 Å². The second kappa shape index (κ2) is 17.4. The Kier molecular flexibility index (Phi) is 11.8. The van der Waals surface area contributed by atoms with E-state index >= 15 is 0 Å². The Bertz CT molecular complexity index is 2440. The number of fused-ring (bicyclic) bond motifs is 1. The first-order chi connectivity index (χ1) is 27.8.